The summed E-state index contributed by atoms with van der Waals surface area (Å²) in [5.41, 5.74) is 2.20. The Labute approximate surface area is 239 Å². The van der Waals surface area contributed by atoms with E-state index in [9.17, 15) is 15.0 Å². The number of aromatic carboxylic acids is 1. The van der Waals surface area contributed by atoms with Crippen molar-refractivity contribution < 1.29 is 19.4 Å². The van der Waals surface area contributed by atoms with Crippen molar-refractivity contribution in [3.05, 3.63) is 51.5 Å². The Morgan fingerprint density at radius 2 is 1.89 bits per heavy atom. The van der Waals surface area contributed by atoms with Gasteiger partial charge in [0.2, 0.25) is 0 Å². The van der Waals surface area contributed by atoms with Crippen molar-refractivity contribution in [1.29, 1.82) is 0 Å². The van der Waals surface area contributed by atoms with Crippen LogP contribution in [0.2, 0.25) is 18.1 Å². The average molecular weight is 580 g/mol. The second kappa shape index (κ2) is 13.4. The molecule has 1 aliphatic carbocycles. The van der Waals surface area contributed by atoms with E-state index in [2.05, 4.69) is 70.0 Å². The summed E-state index contributed by atoms with van der Waals surface area (Å²) in [5.74, 6) is -0.482. The first-order valence-electron chi connectivity index (χ1n) is 14.1. The number of carbonyl (C=O) groups is 1. The third kappa shape index (κ3) is 7.91. The topological polar surface area (TPSA) is 79.7 Å². The van der Waals surface area contributed by atoms with Crippen LogP contribution in [0.15, 0.2) is 30.5 Å². The zero-order valence-corrected chi connectivity index (χ0v) is 26.4. The number of nitrogens with zero attached hydrogens (tertiary/aromatic N) is 1. The number of carboxylic acids is 1. The molecule has 0 radical (unpaired) electrons. The first-order chi connectivity index (χ1) is 17.8. The maximum Gasteiger partial charge on any atom is 0.347 e. The molecule has 3 rings (SSSR count). The fourth-order valence-electron chi connectivity index (χ4n) is 5.25. The van der Waals surface area contributed by atoms with Crippen LogP contribution >= 0.6 is 22.9 Å². The highest BCUT2D eigenvalue weighted by Crippen LogP contribution is 2.49. The first kappa shape index (κ1) is 31.3. The third-order valence-corrected chi connectivity index (χ3v) is 14.6. The Hall–Kier alpha value is -1.25. The molecule has 8 heteroatoms. The van der Waals surface area contributed by atoms with Crippen LogP contribution < -0.4 is 0 Å². The minimum atomic E-state index is -2.01. The van der Waals surface area contributed by atoms with Gasteiger partial charge in [0.05, 0.1) is 23.4 Å². The van der Waals surface area contributed by atoms with Gasteiger partial charge in [0.1, 0.15) is 4.88 Å². The van der Waals surface area contributed by atoms with Gasteiger partial charge in [-0.3, -0.25) is 0 Å². The van der Waals surface area contributed by atoms with E-state index >= 15 is 0 Å². The summed E-state index contributed by atoms with van der Waals surface area (Å²) >= 11 is 8.30. The van der Waals surface area contributed by atoms with Gasteiger partial charge in [0.25, 0.3) is 0 Å². The Morgan fingerprint density at radius 1 is 1.21 bits per heavy atom. The number of hydrogen-bond donors (Lipinski definition) is 2. The van der Waals surface area contributed by atoms with Gasteiger partial charge in [-0.15, -0.1) is 22.9 Å². The summed E-state index contributed by atoms with van der Waals surface area (Å²) < 4.78 is 7.00. The second-order valence-corrected chi connectivity index (χ2v) is 18.8. The minimum absolute atomic E-state index is 0.0138. The summed E-state index contributed by atoms with van der Waals surface area (Å²) in [6.07, 6.45) is 8.60. The molecule has 2 unspecified atom stereocenters. The lowest BCUT2D eigenvalue weighted by Crippen LogP contribution is -2.44. The molecule has 2 aromatic rings. The Morgan fingerprint density at radius 3 is 2.47 bits per heavy atom. The molecular weight excluding hydrogens is 534 g/mol. The van der Waals surface area contributed by atoms with Gasteiger partial charge in [-0.2, -0.15) is 0 Å². The molecule has 1 heterocycles. The molecule has 0 spiro atoms. The lowest BCUT2D eigenvalue weighted by Gasteiger charge is -2.40. The highest BCUT2D eigenvalue weighted by atomic mass is 35.5. The number of aliphatic hydroxyl groups is 1. The average Bonchev–Trinajstić information content (AvgIpc) is 3.43. The number of unbranched alkanes of at least 4 members (excludes halogenated alkanes) is 2. The summed E-state index contributed by atoms with van der Waals surface area (Å²) in [6, 6.07) is 8.51. The van der Waals surface area contributed by atoms with E-state index < -0.39 is 20.4 Å². The van der Waals surface area contributed by atoms with Crippen LogP contribution in [-0.4, -0.2) is 41.0 Å². The number of benzene rings is 1. The molecule has 0 bridgehead atoms. The molecule has 38 heavy (non-hydrogen) atoms. The quantitative estimate of drug-likeness (QED) is 0.141. The molecule has 0 aliphatic heterocycles. The number of halogens is 1. The molecule has 0 saturated heterocycles. The Balaban J connectivity index is 1.79. The van der Waals surface area contributed by atoms with Crippen LogP contribution in [0.4, 0.5) is 0 Å². The number of carboxylic acid groups (broad SMARTS) is 1. The predicted octanol–water partition coefficient (Wildman–Crippen LogP) is 8.58. The number of rotatable bonds is 13. The van der Waals surface area contributed by atoms with Gasteiger partial charge in [-0.05, 0) is 67.3 Å². The lowest BCUT2D eigenvalue weighted by molar-refractivity contribution is 0.0702. The highest BCUT2D eigenvalue weighted by Gasteiger charge is 2.48. The van der Waals surface area contributed by atoms with E-state index in [-0.39, 0.29) is 33.2 Å². The molecule has 0 amide bonds. The van der Waals surface area contributed by atoms with Crippen molar-refractivity contribution >= 4 is 37.2 Å². The van der Waals surface area contributed by atoms with E-state index in [0.29, 0.717) is 0 Å². The summed E-state index contributed by atoms with van der Waals surface area (Å²) in [7, 11) is -2.01. The van der Waals surface area contributed by atoms with Crippen molar-refractivity contribution in [2.24, 2.45) is 5.92 Å². The maximum absolute atomic E-state index is 11.2. The van der Waals surface area contributed by atoms with Crippen molar-refractivity contribution in [3.8, 4) is 0 Å². The van der Waals surface area contributed by atoms with Gasteiger partial charge in [-0.25, -0.2) is 9.78 Å². The van der Waals surface area contributed by atoms with Crippen molar-refractivity contribution in [1.82, 2.24) is 4.98 Å². The molecule has 1 aromatic heterocycles. The normalized spacial score (nSPS) is 23.1. The van der Waals surface area contributed by atoms with Gasteiger partial charge in [-0.1, -0.05) is 71.2 Å². The van der Waals surface area contributed by atoms with Gasteiger partial charge in [0.15, 0.2) is 8.32 Å². The maximum atomic E-state index is 11.2. The van der Waals surface area contributed by atoms with Gasteiger partial charge >= 0.3 is 5.97 Å². The smallest absolute Gasteiger partial charge is 0.347 e. The number of aryl methyl sites for hydroxylation is 1. The van der Waals surface area contributed by atoms with Crippen LogP contribution in [0.25, 0.3) is 0 Å². The van der Waals surface area contributed by atoms with E-state index in [1.54, 1.807) is 0 Å². The van der Waals surface area contributed by atoms with Crippen LogP contribution in [0.1, 0.15) is 110 Å². The van der Waals surface area contributed by atoms with Crippen LogP contribution in [0.3, 0.4) is 0 Å². The first-order valence-corrected chi connectivity index (χ1v) is 18.3. The molecule has 2 N–H and O–H groups in total. The van der Waals surface area contributed by atoms with Crippen LogP contribution in [0.5, 0.6) is 0 Å². The Kier molecular flexibility index (Phi) is 11.0. The number of aliphatic hydroxyl groups excluding tert-OH is 1. The van der Waals surface area contributed by atoms with E-state index in [1.807, 2.05) is 0 Å². The Bertz CT molecular complexity index is 1040. The molecule has 5 atom stereocenters. The second-order valence-electron chi connectivity index (χ2n) is 12.4. The van der Waals surface area contributed by atoms with Crippen LogP contribution in [-0.2, 0) is 10.8 Å². The van der Waals surface area contributed by atoms with Crippen molar-refractivity contribution in [2.75, 3.05) is 0 Å². The highest BCUT2D eigenvalue weighted by molar-refractivity contribution is 7.13. The van der Waals surface area contributed by atoms with E-state index in [0.717, 1.165) is 61.9 Å². The summed E-state index contributed by atoms with van der Waals surface area (Å²) in [5, 5.41) is 20.9. The van der Waals surface area contributed by atoms with Gasteiger partial charge in [0, 0.05) is 11.3 Å². The molecule has 1 aliphatic rings. The monoisotopic (exact) mass is 579 g/mol. The predicted molar refractivity (Wildman–Crippen MR) is 160 cm³/mol. The third-order valence-electron chi connectivity index (χ3n) is 8.52. The number of alkyl halides is 1. The van der Waals surface area contributed by atoms with Crippen LogP contribution in [0, 0.1) is 5.92 Å². The number of hydrogen-bond acceptors (Lipinski definition) is 5. The standard InChI is InChI=1S/C30H46ClNO4SSi/c1-7-8-9-12-24(33)20-14-16-21(17-15-20)28-22(11-10-13-27-32-19-26(37-27)29(34)35)23(31)18-25(28)36-38(5,6)30(2,3)4/h14-17,19,22-25,28,33H,7-13,18H2,1-6H3,(H,34,35)/t22-,23+,24?,25+,28?/m0/s1. The van der Waals surface area contributed by atoms with Crippen molar-refractivity contribution in [3.63, 3.8) is 0 Å². The van der Waals surface area contributed by atoms with E-state index in [4.69, 9.17) is 16.0 Å². The number of aromatic nitrogens is 1. The molecule has 5 nitrogen and oxygen atoms in total. The zero-order chi connectivity index (χ0) is 28.1. The summed E-state index contributed by atoms with van der Waals surface area (Å²) in [6.45, 7) is 13.6. The molecule has 1 fully saturated rings. The molecule has 1 aromatic carbocycles. The lowest BCUT2D eigenvalue weighted by atomic mass is 9.84. The molecule has 212 valence electrons. The van der Waals surface area contributed by atoms with Gasteiger partial charge < -0.3 is 14.6 Å². The summed E-state index contributed by atoms with van der Waals surface area (Å²) in [4.78, 5) is 15.8. The van der Waals surface area contributed by atoms with E-state index in [1.165, 1.54) is 23.1 Å². The fourth-order valence-corrected chi connectivity index (χ4v) is 7.86. The molecule has 1 saturated carbocycles. The minimum Gasteiger partial charge on any atom is -0.477 e. The molecular formula is C30H46ClNO4SSi. The van der Waals surface area contributed by atoms with Crippen molar-refractivity contribution in [2.45, 2.75) is 121 Å². The number of thiazole rings is 1. The SMILES string of the molecule is CCCCCC(O)c1ccc(C2[C@@H](CCCc3ncc(C(=O)O)s3)[C@H](Cl)C[C@H]2O[Si](C)(C)C(C)(C)C)cc1. The largest absolute Gasteiger partial charge is 0.477 e. The zero-order valence-electron chi connectivity index (χ0n) is 23.9. The fraction of sp³-hybridized carbons (Fsp3) is 0.667.